The molecule has 2 aromatic carbocycles. The number of H-pyrrole nitrogens is 1. The van der Waals surface area contributed by atoms with Gasteiger partial charge in [-0.05, 0) is 24.1 Å². The molecular weight excluding hydrogens is 416 g/mol. The van der Waals surface area contributed by atoms with Crippen molar-refractivity contribution in [1.29, 1.82) is 5.41 Å². The lowest BCUT2D eigenvalue weighted by atomic mass is 10.1. The van der Waals surface area contributed by atoms with E-state index in [-0.39, 0.29) is 29.4 Å². The largest absolute Gasteiger partial charge is 0.370 e. The predicted molar refractivity (Wildman–Crippen MR) is 113 cm³/mol. The molecule has 1 aromatic heterocycles. The zero-order valence-corrected chi connectivity index (χ0v) is 17.2. The molecule has 0 radical (unpaired) electrons. The van der Waals surface area contributed by atoms with Crippen molar-refractivity contribution in [3.05, 3.63) is 59.9 Å². The van der Waals surface area contributed by atoms with Crippen LogP contribution in [0.15, 0.2) is 53.7 Å². The number of nitrogens with two attached hydrogens (primary N) is 1. The van der Waals surface area contributed by atoms with E-state index in [1.807, 2.05) is 30.3 Å². The summed E-state index contributed by atoms with van der Waals surface area (Å²) in [5.74, 6) is -1.08. The van der Waals surface area contributed by atoms with Crippen LogP contribution in [0.5, 0.6) is 0 Å². The number of hydrogen-bond acceptors (Lipinski definition) is 5. The average molecular weight is 437 g/mol. The van der Waals surface area contributed by atoms with Crippen molar-refractivity contribution in [2.24, 2.45) is 5.73 Å². The Labute approximate surface area is 174 Å². The molecule has 0 saturated heterocycles. The first-order valence-electron chi connectivity index (χ1n) is 8.42. The number of sulfonamides is 1. The summed E-state index contributed by atoms with van der Waals surface area (Å²) < 4.78 is 28.0. The Morgan fingerprint density at radius 1 is 1.28 bits per heavy atom. The summed E-state index contributed by atoms with van der Waals surface area (Å²) in [7, 11) is -2.52. The number of imidazole rings is 1. The summed E-state index contributed by atoms with van der Waals surface area (Å²) in [5, 5.41) is 7.42. The molecule has 0 bridgehead atoms. The normalized spacial score (nSPS) is 11.1. The van der Waals surface area contributed by atoms with Gasteiger partial charge in [0.1, 0.15) is 5.52 Å². The van der Waals surface area contributed by atoms with Crippen molar-refractivity contribution in [3.8, 4) is 0 Å². The van der Waals surface area contributed by atoms with Crippen LogP contribution in [-0.4, -0.2) is 48.7 Å². The van der Waals surface area contributed by atoms with Crippen molar-refractivity contribution < 1.29 is 13.2 Å². The van der Waals surface area contributed by atoms with Gasteiger partial charge in [0.05, 0.1) is 22.3 Å². The summed E-state index contributed by atoms with van der Waals surface area (Å²) in [6, 6.07) is 12.2. The third-order valence-corrected chi connectivity index (χ3v) is 5.69. The van der Waals surface area contributed by atoms with Crippen molar-refractivity contribution in [3.63, 3.8) is 0 Å². The Morgan fingerprint density at radius 3 is 2.62 bits per heavy atom. The van der Waals surface area contributed by atoms with Crippen molar-refractivity contribution in [2.75, 3.05) is 13.6 Å². The average Bonchev–Trinajstić information content (AvgIpc) is 3.15. The van der Waals surface area contributed by atoms with Crippen LogP contribution >= 0.6 is 12.4 Å². The van der Waals surface area contributed by atoms with Crippen LogP contribution in [-0.2, 0) is 16.4 Å². The van der Waals surface area contributed by atoms with Crippen molar-refractivity contribution in [2.45, 2.75) is 11.3 Å². The fourth-order valence-corrected chi connectivity index (χ4v) is 3.77. The Morgan fingerprint density at radius 2 is 1.97 bits per heavy atom. The molecule has 0 aliphatic carbocycles. The number of nitrogens with one attached hydrogen (secondary N) is 3. The zero-order chi connectivity index (χ0) is 20.3. The smallest absolute Gasteiger partial charge is 0.262 e. The number of carbonyl (C=O) groups is 1. The lowest BCUT2D eigenvalue weighted by molar-refractivity contribution is 0.0870. The van der Waals surface area contributed by atoms with Gasteiger partial charge in [-0.2, -0.15) is 0 Å². The molecule has 0 saturated carbocycles. The molecule has 0 spiro atoms. The summed E-state index contributed by atoms with van der Waals surface area (Å²) in [5.41, 5.74) is 7.12. The molecule has 29 heavy (non-hydrogen) atoms. The molecule has 3 aromatic rings. The molecule has 154 valence electrons. The highest BCUT2D eigenvalue weighted by atomic mass is 35.5. The molecule has 0 aliphatic heterocycles. The first kappa shape index (κ1) is 22.3. The fourth-order valence-electron chi connectivity index (χ4n) is 2.69. The monoisotopic (exact) mass is 436 g/mol. The van der Waals surface area contributed by atoms with E-state index in [1.165, 1.54) is 25.5 Å². The Hall–Kier alpha value is -2.95. The summed E-state index contributed by atoms with van der Waals surface area (Å²) in [6.45, 7) is 0.212. The maximum absolute atomic E-state index is 12.7. The lowest BCUT2D eigenvalue weighted by Gasteiger charge is -2.16. The highest BCUT2D eigenvalue weighted by Gasteiger charge is 2.23. The van der Waals surface area contributed by atoms with Crippen LogP contribution in [0.25, 0.3) is 11.0 Å². The van der Waals surface area contributed by atoms with Crippen LogP contribution in [0.4, 0.5) is 0 Å². The third-order valence-electron chi connectivity index (χ3n) is 4.25. The van der Waals surface area contributed by atoms with Crippen LogP contribution in [0, 0.1) is 5.41 Å². The van der Waals surface area contributed by atoms with Gasteiger partial charge in [0.2, 0.25) is 10.0 Å². The summed E-state index contributed by atoms with van der Waals surface area (Å²) in [6.07, 6.45) is 1.90. The first-order valence-corrected chi connectivity index (χ1v) is 9.90. The number of benzene rings is 2. The number of aromatic nitrogens is 2. The quantitative estimate of drug-likeness (QED) is 0.341. The standard InChI is InChI=1S/C18H20N6O3S.ClH/c1-24(18(19)20)17(25)14-9-13(10-15-16(14)22-11-21-15)28(26,27)23-8-7-12-5-3-2-4-6-12;/h2-6,9-11,23H,7-8H2,1H3,(H3,19,20)(H,21,22);1H. The second-order valence-corrected chi connectivity index (χ2v) is 7.92. The van der Waals surface area contributed by atoms with Gasteiger partial charge in [0, 0.05) is 13.6 Å². The summed E-state index contributed by atoms with van der Waals surface area (Å²) >= 11 is 0. The number of carbonyl (C=O) groups excluding carboxylic acids is 1. The molecule has 0 unspecified atom stereocenters. The Bertz CT molecular complexity index is 1130. The zero-order valence-electron chi connectivity index (χ0n) is 15.5. The minimum Gasteiger partial charge on any atom is -0.370 e. The molecule has 0 fully saturated rings. The van der Waals surface area contributed by atoms with Crippen molar-refractivity contribution in [1.82, 2.24) is 19.6 Å². The maximum atomic E-state index is 12.7. The van der Waals surface area contributed by atoms with E-state index in [4.69, 9.17) is 11.1 Å². The van der Waals surface area contributed by atoms with Gasteiger partial charge in [0.25, 0.3) is 5.91 Å². The van der Waals surface area contributed by atoms with Gasteiger partial charge >= 0.3 is 0 Å². The van der Waals surface area contributed by atoms with E-state index in [9.17, 15) is 13.2 Å². The Kier molecular flexibility index (Phi) is 6.96. The molecule has 9 nitrogen and oxygen atoms in total. The number of guanidine groups is 1. The van der Waals surface area contributed by atoms with Crippen LogP contribution in [0.2, 0.25) is 0 Å². The second kappa shape index (κ2) is 9.03. The number of amides is 1. The second-order valence-electron chi connectivity index (χ2n) is 6.15. The number of fused-ring (bicyclic) bond motifs is 1. The van der Waals surface area contributed by atoms with Crippen molar-refractivity contribution >= 4 is 45.3 Å². The number of nitrogens with zero attached hydrogens (tertiary/aromatic N) is 2. The third kappa shape index (κ3) is 4.91. The number of halogens is 1. The van der Waals surface area contributed by atoms with Gasteiger partial charge in [-0.15, -0.1) is 12.4 Å². The highest BCUT2D eigenvalue weighted by Crippen LogP contribution is 2.22. The number of rotatable bonds is 6. The van der Waals surface area contributed by atoms with Crippen LogP contribution in [0.1, 0.15) is 15.9 Å². The van der Waals surface area contributed by atoms with Gasteiger partial charge < -0.3 is 10.7 Å². The molecular formula is C18H21ClN6O3S. The van der Waals surface area contributed by atoms with Gasteiger partial charge in [0.15, 0.2) is 5.96 Å². The first-order chi connectivity index (χ1) is 13.3. The number of aromatic amines is 1. The summed E-state index contributed by atoms with van der Waals surface area (Å²) in [4.78, 5) is 20.4. The van der Waals surface area contributed by atoms with Crippen LogP contribution in [0.3, 0.4) is 0 Å². The molecule has 5 N–H and O–H groups in total. The Balaban J connectivity index is 0.00000300. The number of hydrogen-bond donors (Lipinski definition) is 4. The van der Waals surface area contributed by atoms with Gasteiger partial charge in [-0.3, -0.25) is 15.1 Å². The SMILES string of the molecule is CN(C(=N)N)C(=O)c1cc(S(=O)(=O)NCCc2ccccc2)cc2[nH]cnc12.Cl. The van der Waals surface area contributed by atoms with E-state index >= 15 is 0 Å². The van der Waals surface area contributed by atoms with E-state index < -0.39 is 21.9 Å². The predicted octanol–water partition coefficient (Wildman–Crippen LogP) is 1.47. The molecule has 3 rings (SSSR count). The fraction of sp³-hybridized carbons (Fsp3) is 0.167. The van der Waals surface area contributed by atoms with E-state index in [0.29, 0.717) is 17.5 Å². The van der Waals surface area contributed by atoms with E-state index in [1.54, 1.807) is 0 Å². The molecule has 0 aliphatic rings. The topological polar surface area (TPSA) is 145 Å². The highest BCUT2D eigenvalue weighted by molar-refractivity contribution is 7.89. The maximum Gasteiger partial charge on any atom is 0.262 e. The molecule has 1 heterocycles. The van der Waals surface area contributed by atoms with Gasteiger partial charge in [-0.1, -0.05) is 30.3 Å². The lowest BCUT2D eigenvalue weighted by Crippen LogP contribution is -2.38. The van der Waals surface area contributed by atoms with Crippen LogP contribution < -0.4 is 10.5 Å². The minimum absolute atomic E-state index is 0. The van der Waals surface area contributed by atoms with E-state index in [2.05, 4.69) is 14.7 Å². The molecule has 0 atom stereocenters. The minimum atomic E-state index is -3.86. The molecule has 1 amide bonds. The van der Waals surface area contributed by atoms with Gasteiger partial charge in [-0.25, -0.2) is 18.1 Å². The van der Waals surface area contributed by atoms with E-state index in [0.717, 1.165) is 10.5 Å². The molecule has 11 heteroatoms.